The molecule has 0 aliphatic heterocycles. The molecule has 7 nitrogen and oxygen atoms in total. The highest BCUT2D eigenvalue weighted by atomic mass is 35.5. The molecule has 0 radical (unpaired) electrons. The van der Waals surface area contributed by atoms with Gasteiger partial charge < -0.3 is 10.5 Å². The Hall–Kier alpha value is -1.89. The van der Waals surface area contributed by atoms with Crippen LogP contribution in [0.25, 0.3) is 11.2 Å². The highest BCUT2D eigenvalue weighted by Gasteiger charge is 2.28. The molecule has 1 amide bonds. The van der Waals surface area contributed by atoms with Crippen molar-refractivity contribution < 1.29 is 9.53 Å². The van der Waals surface area contributed by atoms with Gasteiger partial charge in [0.2, 0.25) is 11.8 Å². The van der Waals surface area contributed by atoms with Crippen LogP contribution < -0.4 is 10.5 Å². The van der Waals surface area contributed by atoms with E-state index >= 15 is 0 Å². The number of imidazole rings is 1. The summed E-state index contributed by atoms with van der Waals surface area (Å²) in [7, 11) is 1.51. The lowest BCUT2D eigenvalue weighted by molar-refractivity contribution is -0.122. The van der Waals surface area contributed by atoms with E-state index < -0.39 is 11.9 Å². The number of nitrogens with two attached hydrogens (primary N) is 1. The van der Waals surface area contributed by atoms with Crippen LogP contribution in [0.3, 0.4) is 0 Å². The molecule has 2 aromatic rings. The van der Waals surface area contributed by atoms with Gasteiger partial charge in [0.05, 0.1) is 7.11 Å². The number of nitrogens with zero attached hydrogens (tertiary/aromatic N) is 4. The lowest BCUT2D eigenvalue weighted by Crippen LogP contribution is -2.31. The summed E-state index contributed by atoms with van der Waals surface area (Å²) in [6.45, 7) is 3.84. The third-order valence-electron chi connectivity index (χ3n) is 3.23. The lowest BCUT2D eigenvalue weighted by atomic mass is 10.0. The van der Waals surface area contributed by atoms with Crippen molar-refractivity contribution in [1.29, 1.82) is 0 Å². The molecule has 1 unspecified atom stereocenters. The smallest absolute Gasteiger partial charge is 0.245 e. The highest BCUT2D eigenvalue weighted by molar-refractivity contribution is 6.17. The molecule has 0 spiro atoms. The van der Waals surface area contributed by atoms with Crippen LogP contribution in [0.5, 0.6) is 5.88 Å². The molecule has 0 aliphatic carbocycles. The fraction of sp³-hybridized carbons (Fsp3) is 0.538. The monoisotopic (exact) mass is 311 g/mol. The second-order valence-electron chi connectivity index (χ2n) is 4.98. The van der Waals surface area contributed by atoms with Gasteiger partial charge in [-0.1, -0.05) is 13.8 Å². The van der Waals surface area contributed by atoms with Crippen LogP contribution in [-0.4, -0.2) is 38.4 Å². The molecular formula is C13H18ClN5O2. The van der Waals surface area contributed by atoms with E-state index in [1.54, 1.807) is 4.57 Å². The number of methoxy groups -OCH3 is 1. The Morgan fingerprint density at radius 1 is 1.48 bits per heavy atom. The van der Waals surface area contributed by atoms with E-state index in [1.807, 2.05) is 13.8 Å². The summed E-state index contributed by atoms with van der Waals surface area (Å²) in [5.74, 6) is 0.952. The number of fused-ring (bicyclic) bond motifs is 1. The van der Waals surface area contributed by atoms with Crippen LogP contribution in [0.2, 0.25) is 0 Å². The molecule has 1 atom stereocenters. The molecule has 0 saturated heterocycles. The van der Waals surface area contributed by atoms with Gasteiger partial charge in [-0.25, -0.2) is 9.97 Å². The Morgan fingerprint density at radius 3 is 2.71 bits per heavy atom. The number of halogens is 1. The first-order valence-electron chi connectivity index (χ1n) is 6.62. The number of rotatable bonds is 6. The van der Waals surface area contributed by atoms with Gasteiger partial charge in [0.15, 0.2) is 11.2 Å². The number of alkyl halides is 1. The average Bonchev–Trinajstić information content (AvgIpc) is 2.77. The van der Waals surface area contributed by atoms with E-state index in [0.717, 1.165) is 0 Å². The lowest BCUT2D eigenvalue weighted by Gasteiger charge is -2.21. The van der Waals surface area contributed by atoms with Crippen LogP contribution in [0.1, 0.15) is 25.7 Å². The molecule has 8 heteroatoms. The number of hydrogen-bond acceptors (Lipinski definition) is 5. The molecule has 0 bridgehead atoms. The summed E-state index contributed by atoms with van der Waals surface area (Å²) in [6, 6.07) is -0.548. The Kier molecular flexibility index (Phi) is 4.62. The second kappa shape index (κ2) is 6.26. The van der Waals surface area contributed by atoms with E-state index in [4.69, 9.17) is 22.1 Å². The zero-order valence-electron chi connectivity index (χ0n) is 12.2. The van der Waals surface area contributed by atoms with Gasteiger partial charge in [0.1, 0.15) is 18.2 Å². The van der Waals surface area contributed by atoms with Gasteiger partial charge in [-0.3, -0.25) is 9.36 Å². The van der Waals surface area contributed by atoms with Crippen molar-refractivity contribution in [1.82, 2.24) is 19.5 Å². The highest BCUT2D eigenvalue weighted by Crippen LogP contribution is 2.28. The second-order valence-corrected chi connectivity index (χ2v) is 5.36. The predicted molar refractivity (Wildman–Crippen MR) is 79.4 cm³/mol. The zero-order valence-corrected chi connectivity index (χ0v) is 13.0. The first kappa shape index (κ1) is 15.5. The third-order valence-corrected chi connectivity index (χ3v) is 3.42. The van der Waals surface area contributed by atoms with E-state index in [2.05, 4.69) is 15.0 Å². The number of amides is 1. The quantitative estimate of drug-likeness (QED) is 0.811. The SMILES string of the molecule is COc1ncnc2c1nc(CCCl)n2C(C(N)=O)C(C)C. The molecule has 2 rings (SSSR count). The number of carbonyl (C=O) groups excluding carboxylic acids is 1. The molecule has 0 aliphatic rings. The molecule has 114 valence electrons. The Labute approximate surface area is 127 Å². The zero-order chi connectivity index (χ0) is 15.6. The number of aryl methyl sites for hydroxylation is 1. The summed E-state index contributed by atoms with van der Waals surface area (Å²) in [5.41, 5.74) is 6.59. The Balaban J connectivity index is 2.74. The van der Waals surface area contributed by atoms with Gasteiger partial charge in [-0.2, -0.15) is 4.98 Å². The van der Waals surface area contributed by atoms with Crippen molar-refractivity contribution in [2.75, 3.05) is 13.0 Å². The minimum Gasteiger partial charge on any atom is -0.479 e. The van der Waals surface area contributed by atoms with Crippen LogP contribution in [0.15, 0.2) is 6.33 Å². The summed E-state index contributed by atoms with van der Waals surface area (Å²) in [6.07, 6.45) is 1.87. The third kappa shape index (κ3) is 2.78. The van der Waals surface area contributed by atoms with Crippen LogP contribution in [-0.2, 0) is 11.2 Å². The minimum absolute atomic E-state index is 0.00469. The number of hydrogen-bond donors (Lipinski definition) is 1. The summed E-state index contributed by atoms with van der Waals surface area (Å²) >= 11 is 5.84. The molecular weight excluding hydrogens is 294 g/mol. The summed E-state index contributed by atoms with van der Waals surface area (Å²) in [5, 5.41) is 0. The van der Waals surface area contributed by atoms with E-state index in [0.29, 0.717) is 35.2 Å². The molecule has 2 aromatic heterocycles. The van der Waals surface area contributed by atoms with Gasteiger partial charge in [0, 0.05) is 12.3 Å². The Morgan fingerprint density at radius 2 is 2.19 bits per heavy atom. The van der Waals surface area contributed by atoms with Crippen molar-refractivity contribution in [3.63, 3.8) is 0 Å². The summed E-state index contributed by atoms with van der Waals surface area (Å²) in [4.78, 5) is 24.6. The number of aromatic nitrogens is 4. The maximum Gasteiger partial charge on any atom is 0.245 e. The van der Waals surface area contributed by atoms with Crippen LogP contribution in [0.4, 0.5) is 0 Å². The molecule has 0 fully saturated rings. The molecule has 2 N–H and O–H groups in total. The van der Waals surface area contributed by atoms with E-state index in [9.17, 15) is 4.79 Å². The number of ether oxygens (including phenoxy) is 1. The van der Waals surface area contributed by atoms with Gasteiger partial charge >= 0.3 is 0 Å². The molecule has 0 aromatic carbocycles. The first-order chi connectivity index (χ1) is 10.0. The number of primary amides is 1. The number of carbonyl (C=O) groups is 1. The first-order valence-corrected chi connectivity index (χ1v) is 7.15. The average molecular weight is 312 g/mol. The van der Waals surface area contributed by atoms with Crippen molar-refractivity contribution in [2.45, 2.75) is 26.3 Å². The molecule has 2 heterocycles. The van der Waals surface area contributed by atoms with E-state index in [-0.39, 0.29) is 5.92 Å². The fourth-order valence-corrected chi connectivity index (χ4v) is 2.56. The van der Waals surface area contributed by atoms with Crippen molar-refractivity contribution >= 4 is 28.7 Å². The Bertz CT molecular complexity index is 655. The van der Waals surface area contributed by atoms with Crippen LogP contribution in [0, 0.1) is 5.92 Å². The normalized spacial score (nSPS) is 12.8. The van der Waals surface area contributed by atoms with Crippen molar-refractivity contribution in [2.24, 2.45) is 11.7 Å². The largest absolute Gasteiger partial charge is 0.479 e. The van der Waals surface area contributed by atoms with Gasteiger partial charge in [0.25, 0.3) is 0 Å². The predicted octanol–water partition coefficient (Wildman–Crippen LogP) is 1.30. The summed E-state index contributed by atoms with van der Waals surface area (Å²) < 4.78 is 6.94. The van der Waals surface area contributed by atoms with E-state index in [1.165, 1.54) is 13.4 Å². The minimum atomic E-state index is -0.548. The fourth-order valence-electron chi connectivity index (χ4n) is 2.39. The standard InChI is InChI=1S/C13H18ClN5O2/c1-7(2)10(11(15)20)19-8(4-5-14)18-9-12(19)16-6-17-13(9)21-3/h6-7,10H,4-5H2,1-3H3,(H2,15,20). The van der Waals surface area contributed by atoms with Gasteiger partial charge in [-0.05, 0) is 5.92 Å². The van der Waals surface area contributed by atoms with Gasteiger partial charge in [-0.15, -0.1) is 11.6 Å². The molecule has 0 saturated carbocycles. The van der Waals surface area contributed by atoms with Crippen molar-refractivity contribution in [3.05, 3.63) is 12.2 Å². The van der Waals surface area contributed by atoms with Crippen LogP contribution >= 0.6 is 11.6 Å². The molecule has 21 heavy (non-hydrogen) atoms. The maximum absolute atomic E-state index is 11.9. The topological polar surface area (TPSA) is 95.9 Å². The maximum atomic E-state index is 11.9. The van der Waals surface area contributed by atoms with Crippen molar-refractivity contribution in [3.8, 4) is 5.88 Å².